The summed E-state index contributed by atoms with van der Waals surface area (Å²) in [5.41, 5.74) is -0.461. The van der Waals surface area contributed by atoms with E-state index in [-0.39, 0.29) is 16.7 Å². The zero-order chi connectivity index (χ0) is 22.1. The molecule has 0 aromatic heterocycles. The number of carbonyl (C=O) groups excluding carboxylic acids is 2. The molecule has 0 N–H and O–H groups in total. The molecule has 0 unspecified atom stereocenters. The zero-order valence-corrected chi connectivity index (χ0v) is 20.5. The molecule has 1 aliphatic rings. The van der Waals surface area contributed by atoms with Crippen LogP contribution in [0.4, 0.5) is 0 Å². The van der Waals surface area contributed by atoms with Crippen molar-refractivity contribution in [3.63, 3.8) is 0 Å². The van der Waals surface area contributed by atoms with E-state index in [2.05, 4.69) is 25.7 Å². The van der Waals surface area contributed by atoms with Crippen LogP contribution in [0, 0.1) is 22.7 Å². The number of rotatable bonds is 8. The summed E-state index contributed by atoms with van der Waals surface area (Å²) in [7, 11) is 0. The van der Waals surface area contributed by atoms with Gasteiger partial charge < -0.3 is 9.80 Å². The van der Waals surface area contributed by atoms with E-state index in [0.717, 1.165) is 44.9 Å². The lowest BCUT2D eigenvalue weighted by Crippen LogP contribution is -2.41. The van der Waals surface area contributed by atoms with Crippen LogP contribution in [0.1, 0.15) is 94.9 Å². The summed E-state index contributed by atoms with van der Waals surface area (Å²) in [5.74, 6) is 2.04. The van der Waals surface area contributed by atoms with Crippen LogP contribution in [0.2, 0.25) is 0 Å². The number of hydrogen-bond acceptors (Lipinski definition) is 2. The smallest absolute Gasteiger partial charge is 0.227 e. The van der Waals surface area contributed by atoms with Crippen LogP contribution in [-0.4, -0.2) is 47.8 Å². The molecule has 1 saturated carbocycles. The highest BCUT2D eigenvalue weighted by molar-refractivity contribution is 5.82. The number of hydrogen-bond donors (Lipinski definition) is 0. The molecule has 0 heterocycles. The molecule has 0 radical (unpaired) electrons. The Kier molecular flexibility index (Phi) is 11.4. The van der Waals surface area contributed by atoms with Gasteiger partial charge in [-0.25, -0.2) is 0 Å². The molecule has 2 amide bonds. The van der Waals surface area contributed by atoms with Crippen molar-refractivity contribution in [2.45, 2.75) is 94.9 Å². The largest absolute Gasteiger partial charge is 0.343 e. The van der Waals surface area contributed by atoms with Crippen LogP contribution in [0.15, 0.2) is 0 Å². The minimum atomic E-state index is -0.243. The SMILES string of the molecule is CCCN(CC1CC1)C(=O)C(C)(C)C.CCN(CCC(C)C)C(=O)C(C)(C)C. The average Bonchev–Trinajstić information content (AvgIpc) is 3.37. The maximum atomic E-state index is 12.0. The Morgan fingerprint density at radius 3 is 1.64 bits per heavy atom. The summed E-state index contributed by atoms with van der Waals surface area (Å²) in [6.07, 6.45) is 4.79. The van der Waals surface area contributed by atoms with Gasteiger partial charge in [-0.1, -0.05) is 62.3 Å². The first-order chi connectivity index (χ1) is 12.7. The molecule has 1 fully saturated rings. The fraction of sp³-hybridized carbons (Fsp3) is 0.917. The number of nitrogens with zero attached hydrogens (tertiary/aromatic N) is 2. The van der Waals surface area contributed by atoms with Gasteiger partial charge in [0.15, 0.2) is 0 Å². The molecule has 4 nitrogen and oxygen atoms in total. The van der Waals surface area contributed by atoms with Crippen molar-refractivity contribution >= 4 is 11.8 Å². The molecule has 166 valence electrons. The molecule has 4 heteroatoms. The fourth-order valence-corrected chi connectivity index (χ4v) is 2.92. The minimum absolute atomic E-state index is 0.218. The third-order valence-corrected chi connectivity index (χ3v) is 4.88. The summed E-state index contributed by atoms with van der Waals surface area (Å²) in [6, 6.07) is 0. The third kappa shape index (κ3) is 11.1. The molecule has 0 saturated heterocycles. The molecule has 0 aromatic rings. The van der Waals surface area contributed by atoms with Gasteiger partial charge in [-0.2, -0.15) is 0 Å². The maximum absolute atomic E-state index is 12.0. The lowest BCUT2D eigenvalue weighted by atomic mass is 9.94. The number of amides is 2. The average molecular weight is 397 g/mol. The fourth-order valence-electron chi connectivity index (χ4n) is 2.92. The van der Waals surface area contributed by atoms with E-state index in [4.69, 9.17) is 0 Å². The lowest BCUT2D eigenvalue weighted by Gasteiger charge is -2.29. The highest BCUT2D eigenvalue weighted by atomic mass is 16.2. The van der Waals surface area contributed by atoms with E-state index in [1.807, 2.05) is 53.4 Å². The molecule has 0 atom stereocenters. The van der Waals surface area contributed by atoms with Crippen molar-refractivity contribution in [3.8, 4) is 0 Å². The monoisotopic (exact) mass is 396 g/mol. The molecule has 0 aliphatic heterocycles. The highest BCUT2D eigenvalue weighted by Crippen LogP contribution is 2.31. The summed E-state index contributed by atoms with van der Waals surface area (Å²) in [5, 5.41) is 0. The van der Waals surface area contributed by atoms with E-state index < -0.39 is 0 Å². The quantitative estimate of drug-likeness (QED) is 0.535. The van der Waals surface area contributed by atoms with E-state index in [1.54, 1.807) is 0 Å². The molecule has 0 spiro atoms. The lowest BCUT2D eigenvalue weighted by molar-refractivity contribution is -0.140. The summed E-state index contributed by atoms with van der Waals surface area (Å²) in [4.78, 5) is 28.0. The van der Waals surface area contributed by atoms with Gasteiger partial charge in [0.2, 0.25) is 11.8 Å². The van der Waals surface area contributed by atoms with Crippen molar-refractivity contribution in [1.29, 1.82) is 0 Å². The summed E-state index contributed by atoms with van der Waals surface area (Å²) >= 11 is 0. The van der Waals surface area contributed by atoms with Crippen LogP contribution < -0.4 is 0 Å². The normalized spacial score (nSPS) is 14.4. The summed E-state index contributed by atoms with van der Waals surface area (Å²) < 4.78 is 0. The van der Waals surface area contributed by atoms with Crippen molar-refractivity contribution in [2.75, 3.05) is 26.2 Å². The molecular weight excluding hydrogens is 348 g/mol. The minimum Gasteiger partial charge on any atom is -0.343 e. The summed E-state index contributed by atoms with van der Waals surface area (Å²) in [6.45, 7) is 24.1. The van der Waals surface area contributed by atoms with Gasteiger partial charge in [-0.3, -0.25) is 9.59 Å². The van der Waals surface area contributed by atoms with Crippen molar-refractivity contribution < 1.29 is 9.59 Å². The second-order valence-electron chi connectivity index (χ2n) is 10.8. The maximum Gasteiger partial charge on any atom is 0.227 e. The number of carbonyl (C=O) groups is 2. The predicted octanol–water partition coefficient (Wildman–Crippen LogP) is 5.61. The Morgan fingerprint density at radius 2 is 1.32 bits per heavy atom. The van der Waals surface area contributed by atoms with Crippen LogP contribution >= 0.6 is 0 Å². The van der Waals surface area contributed by atoms with Crippen molar-refractivity contribution in [1.82, 2.24) is 9.80 Å². The van der Waals surface area contributed by atoms with Gasteiger partial charge in [0.25, 0.3) is 0 Å². The zero-order valence-electron chi connectivity index (χ0n) is 20.5. The predicted molar refractivity (Wildman–Crippen MR) is 120 cm³/mol. The Labute approximate surface area is 175 Å². The van der Waals surface area contributed by atoms with Crippen molar-refractivity contribution in [3.05, 3.63) is 0 Å². The van der Waals surface area contributed by atoms with E-state index in [9.17, 15) is 9.59 Å². The van der Waals surface area contributed by atoms with Gasteiger partial charge in [0, 0.05) is 37.0 Å². The van der Waals surface area contributed by atoms with Crippen LogP contribution in [0.25, 0.3) is 0 Å². The van der Waals surface area contributed by atoms with Gasteiger partial charge in [0.05, 0.1) is 0 Å². The van der Waals surface area contributed by atoms with E-state index in [0.29, 0.717) is 11.8 Å². The first-order valence-electron chi connectivity index (χ1n) is 11.3. The first-order valence-corrected chi connectivity index (χ1v) is 11.3. The highest BCUT2D eigenvalue weighted by Gasteiger charge is 2.31. The Morgan fingerprint density at radius 1 is 0.857 bits per heavy atom. The van der Waals surface area contributed by atoms with E-state index >= 15 is 0 Å². The topological polar surface area (TPSA) is 40.6 Å². The van der Waals surface area contributed by atoms with E-state index in [1.165, 1.54) is 12.8 Å². The Hall–Kier alpha value is -1.06. The Bertz CT molecular complexity index is 468. The van der Waals surface area contributed by atoms with Gasteiger partial charge in [0.1, 0.15) is 0 Å². The molecule has 0 aromatic carbocycles. The first kappa shape index (κ1) is 26.9. The second-order valence-corrected chi connectivity index (χ2v) is 10.8. The molecule has 0 bridgehead atoms. The second kappa shape index (κ2) is 11.8. The molecule has 1 aliphatic carbocycles. The van der Waals surface area contributed by atoms with Crippen LogP contribution in [0.3, 0.4) is 0 Å². The van der Waals surface area contributed by atoms with Gasteiger partial charge in [-0.15, -0.1) is 0 Å². The van der Waals surface area contributed by atoms with Crippen LogP contribution in [-0.2, 0) is 9.59 Å². The molecule has 28 heavy (non-hydrogen) atoms. The van der Waals surface area contributed by atoms with Crippen LogP contribution in [0.5, 0.6) is 0 Å². The molecular formula is C24H48N2O2. The standard InChI is InChI=1S/C12H23NO.C12H25NO/c1-5-8-13(9-10-6-7-10)11(14)12(2,3)4;1-7-13(9-8-10(2)3)11(14)12(4,5)6/h10H,5-9H2,1-4H3;10H,7-9H2,1-6H3. The molecule has 1 rings (SSSR count). The van der Waals surface area contributed by atoms with Crippen molar-refractivity contribution in [2.24, 2.45) is 22.7 Å². The Balaban J connectivity index is 0.000000521. The third-order valence-electron chi connectivity index (χ3n) is 4.88. The van der Waals surface area contributed by atoms with Gasteiger partial charge >= 0.3 is 0 Å². The van der Waals surface area contributed by atoms with Gasteiger partial charge in [-0.05, 0) is 44.4 Å².